The van der Waals surface area contributed by atoms with Crippen LogP contribution in [0.3, 0.4) is 0 Å². The van der Waals surface area contributed by atoms with Crippen LogP contribution in [0.2, 0.25) is 0 Å². The summed E-state index contributed by atoms with van der Waals surface area (Å²) in [5.74, 6) is 0.207. The van der Waals surface area contributed by atoms with Gasteiger partial charge >= 0.3 is 5.97 Å². The molecule has 0 saturated heterocycles. The van der Waals surface area contributed by atoms with Gasteiger partial charge in [0.05, 0.1) is 12.5 Å². The van der Waals surface area contributed by atoms with Gasteiger partial charge in [-0.2, -0.15) is 0 Å². The topological polar surface area (TPSA) is 29.5 Å². The van der Waals surface area contributed by atoms with Crippen LogP contribution in [0.5, 0.6) is 0 Å². The first-order valence-electron chi connectivity index (χ1n) is 6.69. The smallest absolute Gasteiger partial charge is 0.309 e. The number of hydrogen-bond acceptors (Lipinski definition) is 3. The van der Waals surface area contributed by atoms with E-state index in [4.69, 9.17) is 4.74 Å². The molecular weight excluding hydrogens is 245 g/mol. The summed E-state index contributed by atoms with van der Waals surface area (Å²) in [6.07, 6.45) is 0.923. The first kappa shape index (κ1) is 14.0. The van der Waals surface area contributed by atoms with Gasteiger partial charge in [-0.3, -0.25) is 4.79 Å². The van der Waals surface area contributed by atoms with E-state index in [0.717, 1.165) is 25.1 Å². The monoisotopic (exact) mass is 265 g/mol. The predicted molar refractivity (Wildman–Crippen MR) is 71.0 cm³/mol. The first-order valence-corrected chi connectivity index (χ1v) is 6.69. The summed E-state index contributed by atoms with van der Waals surface area (Å²) in [7, 11) is 2.02. The van der Waals surface area contributed by atoms with E-state index in [1.807, 2.05) is 14.0 Å². The van der Waals surface area contributed by atoms with Crippen LogP contribution in [-0.4, -0.2) is 31.1 Å². The molecule has 0 aromatic heterocycles. The molecule has 1 aromatic rings. The van der Waals surface area contributed by atoms with Gasteiger partial charge in [0, 0.05) is 13.1 Å². The fourth-order valence-electron chi connectivity index (χ4n) is 2.35. The third-order valence-corrected chi connectivity index (χ3v) is 3.42. The third kappa shape index (κ3) is 4.03. The van der Waals surface area contributed by atoms with E-state index in [9.17, 15) is 9.18 Å². The van der Waals surface area contributed by atoms with Gasteiger partial charge in [-0.25, -0.2) is 4.39 Å². The van der Waals surface area contributed by atoms with E-state index in [0.29, 0.717) is 12.5 Å². The summed E-state index contributed by atoms with van der Waals surface area (Å²) < 4.78 is 17.8. The highest BCUT2D eigenvalue weighted by molar-refractivity contribution is 5.75. The molecule has 104 valence electrons. The SMILES string of the molecule is CCOC(=O)C1CC1CN(C)Cc1ccc(F)cc1. The van der Waals surface area contributed by atoms with Gasteiger partial charge < -0.3 is 9.64 Å². The first-order chi connectivity index (χ1) is 9.10. The van der Waals surface area contributed by atoms with Crippen molar-refractivity contribution in [3.05, 3.63) is 35.6 Å². The highest BCUT2D eigenvalue weighted by atomic mass is 19.1. The number of halogens is 1. The summed E-state index contributed by atoms with van der Waals surface area (Å²) in [4.78, 5) is 13.7. The Balaban J connectivity index is 1.75. The highest BCUT2D eigenvalue weighted by Gasteiger charge is 2.44. The Bertz CT molecular complexity index is 432. The molecule has 0 bridgehead atoms. The summed E-state index contributed by atoms with van der Waals surface area (Å²) in [5, 5.41) is 0. The number of nitrogens with zero attached hydrogens (tertiary/aromatic N) is 1. The van der Waals surface area contributed by atoms with Crippen molar-refractivity contribution in [2.24, 2.45) is 11.8 Å². The summed E-state index contributed by atoms with van der Waals surface area (Å²) >= 11 is 0. The van der Waals surface area contributed by atoms with Crippen molar-refractivity contribution in [2.45, 2.75) is 19.9 Å². The Labute approximate surface area is 113 Å². The fourth-order valence-corrected chi connectivity index (χ4v) is 2.35. The highest BCUT2D eigenvalue weighted by Crippen LogP contribution is 2.40. The van der Waals surface area contributed by atoms with Crippen molar-refractivity contribution in [1.82, 2.24) is 4.90 Å². The molecule has 19 heavy (non-hydrogen) atoms. The molecule has 1 saturated carbocycles. The van der Waals surface area contributed by atoms with Crippen LogP contribution in [0.15, 0.2) is 24.3 Å². The van der Waals surface area contributed by atoms with Crippen molar-refractivity contribution in [2.75, 3.05) is 20.2 Å². The zero-order chi connectivity index (χ0) is 13.8. The van der Waals surface area contributed by atoms with Gasteiger partial charge in [-0.05, 0) is 44.0 Å². The molecule has 0 heterocycles. The van der Waals surface area contributed by atoms with Crippen LogP contribution in [0, 0.1) is 17.7 Å². The van der Waals surface area contributed by atoms with Crippen molar-refractivity contribution in [3.8, 4) is 0 Å². The van der Waals surface area contributed by atoms with Crippen molar-refractivity contribution >= 4 is 5.97 Å². The number of ether oxygens (including phenoxy) is 1. The molecule has 0 amide bonds. The van der Waals surface area contributed by atoms with Crippen LogP contribution in [0.1, 0.15) is 18.9 Å². The van der Waals surface area contributed by atoms with Crippen molar-refractivity contribution < 1.29 is 13.9 Å². The molecule has 0 aliphatic heterocycles. The van der Waals surface area contributed by atoms with E-state index < -0.39 is 0 Å². The summed E-state index contributed by atoms with van der Waals surface area (Å²) in [6, 6.07) is 6.53. The Kier molecular flexibility index (Phi) is 4.53. The van der Waals surface area contributed by atoms with Crippen LogP contribution in [-0.2, 0) is 16.1 Å². The number of benzene rings is 1. The Morgan fingerprint density at radius 3 is 2.74 bits per heavy atom. The Hall–Kier alpha value is -1.42. The largest absolute Gasteiger partial charge is 0.466 e. The molecule has 0 radical (unpaired) electrons. The fraction of sp³-hybridized carbons (Fsp3) is 0.533. The van der Waals surface area contributed by atoms with E-state index in [-0.39, 0.29) is 17.7 Å². The average Bonchev–Trinajstić information content (AvgIpc) is 3.12. The van der Waals surface area contributed by atoms with Gasteiger partial charge in [0.25, 0.3) is 0 Å². The number of carbonyl (C=O) groups is 1. The van der Waals surface area contributed by atoms with E-state index in [1.54, 1.807) is 12.1 Å². The van der Waals surface area contributed by atoms with E-state index >= 15 is 0 Å². The zero-order valence-corrected chi connectivity index (χ0v) is 11.4. The quantitative estimate of drug-likeness (QED) is 0.740. The van der Waals surface area contributed by atoms with Crippen LogP contribution in [0.4, 0.5) is 4.39 Å². The maximum atomic E-state index is 12.8. The lowest BCUT2D eigenvalue weighted by Crippen LogP contribution is -2.22. The van der Waals surface area contributed by atoms with Gasteiger partial charge in [-0.15, -0.1) is 0 Å². The lowest BCUT2D eigenvalue weighted by atomic mass is 10.2. The molecule has 4 heteroatoms. The summed E-state index contributed by atoms with van der Waals surface area (Å²) in [5.41, 5.74) is 1.08. The van der Waals surface area contributed by atoms with Crippen LogP contribution in [0.25, 0.3) is 0 Å². The molecule has 1 aliphatic rings. The minimum absolute atomic E-state index is 0.0670. The van der Waals surface area contributed by atoms with Crippen LogP contribution < -0.4 is 0 Å². The molecule has 1 aliphatic carbocycles. The molecule has 2 atom stereocenters. The molecule has 2 unspecified atom stereocenters. The maximum absolute atomic E-state index is 12.8. The van der Waals surface area contributed by atoms with Crippen molar-refractivity contribution in [3.63, 3.8) is 0 Å². The molecule has 0 N–H and O–H groups in total. The Morgan fingerprint density at radius 2 is 2.11 bits per heavy atom. The normalized spacial score (nSPS) is 21.5. The number of esters is 1. The summed E-state index contributed by atoms with van der Waals surface area (Å²) in [6.45, 7) is 3.93. The third-order valence-electron chi connectivity index (χ3n) is 3.42. The zero-order valence-electron chi connectivity index (χ0n) is 11.4. The molecule has 0 spiro atoms. The average molecular weight is 265 g/mol. The van der Waals surface area contributed by atoms with Crippen LogP contribution >= 0.6 is 0 Å². The maximum Gasteiger partial charge on any atom is 0.309 e. The van der Waals surface area contributed by atoms with Gasteiger partial charge in [-0.1, -0.05) is 12.1 Å². The standard InChI is InChI=1S/C15H20FNO2/c1-3-19-15(18)14-8-12(14)10-17(2)9-11-4-6-13(16)7-5-11/h4-7,12,14H,3,8-10H2,1-2H3. The predicted octanol–water partition coefficient (Wildman–Crippen LogP) is 2.46. The minimum Gasteiger partial charge on any atom is -0.466 e. The lowest BCUT2D eigenvalue weighted by Gasteiger charge is -2.16. The molecule has 1 aromatic carbocycles. The second kappa shape index (κ2) is 6.15. The molecule has 2 rings (SSSR count). The second-order valence-corrected chi connectivity index (χ2v) is 5.18. The lowest BCUT2D eigenvalue weighted by molar-refractivity contribution is -0.145. The van der Waals surface area contributed by atoms with Gasteiger partial charge in [0.2, 0.25) is 0 Å². The van der Waals surface area contributed by atoms with Crippen molar-refractivity contribution in [1.29, 1.82) is 0 Å². The number of rotatable bonds is 6. The van der Waals surface area contributed by atoms with Gasteiger partial charge in [0.1, 0.15) is 5.82 Å². The molecular formula is C15H20FNO2. The number of hydrogen-bond donors (Lipinski definition) is 0. The number of carbonyl (C=O) groups excluding carboxylic acids is 1. The Morgan fingerprint density at radius 1 is 1.42 bits per heavy atom. The second-order valence-electron chi connectivity index (χ2n) is 5.18. The van der Waals surface area contributed by atoms with E-state index in [1.165, 1.54) is 12.1 Å². The van der Waals surface area contributed by atoms with E-state index in [2.05, 4.69) is 4.90 Å². The molecule has 1 fully saturated rings. The minimum atomic E-state index is -0.212. The van der Waals surface area contributed by atoms with Gasteiger partial charge in [0.15, 0.2) is 0 Å². The molecule has 3 nitrogen and oxygen atoms in total.